The van der Waals surface area contributed by atoms with E-state index in [-0.39, 0.29) is 12.6 Å². The van der Waals surface area contributed by atoms with Gasteiger partial charge in [-0.3, -0.25) is 0 Å². The van der Waals surface area contributed by atoms with E-state index in [0.29, 0.717) is 16.7 Å². The fourth-order valence-electron chi connectivity index (χ4n) is 1.69. The van der Waals surface area contributed by atoms with Crippen molar-refractivity contribution in [2.75, 3.05) is 12.3 Å². The molecule has 2 rings (SSSR count). The summed E-state index contributed by atoms with van der Waals surface area (Å²) in [4.78, 5) is 15.2. The fourth-order valence-corrected chi connectivity index (χ4v) is 1.69. The number of nitrogen functional groups attached to an aromatic ring is 1. The van der Waals surface area contributed by atoms with E-state index in [0.717, 1.165) is 0 Å². The quantitative estimate of drug-likeness (QED) is 0.684. The van der Waals surface area contributed by atoms with Crippen LogP contribution in [0.4, 0.5) is 6.01 Å². The number of oxazole rings is 1. The zero-order valence-corrected chi connectivity index (χ0v) is 10.2. The van der Waals surface area contributed by atoms with Gasteiger partial charge in [0.25, 0.3) is 6.01 Å². The minimum Gasteiger partial charge on any atom is -0.464 e. The Morgan fingerprint density at radius 3 is 2.95 bits per heavy atom. The Morgan fingerprint density at radius 1 is 1.53 bits per heavy atom. The Kier molecular flexibility index (Phi) is 3.68. The third-order valence-electron chi connectivity index (χ3n) is 2.60. The second kappa shape index (κ2) is 5.25. The van der Waals surface area contributed by atoms with Crippen LogP contribution in [0.2, 0.25) is 0 Å². The molecular formula is C12H14N2O5. The average Bonchev–Trinajstić information content (AvgIpc) is 2.76. The lowest BCUT2D eigenvalue weighted by Crippen LogP contribution is -2.29. The fraction of sp³-hybridized carbons (Fsp3) is 0.333. The van der Waals surface area contributed by atoms with E-state index in [1.54, 1.807) is 13.0 Å². The molecule has 2 unspecified atom stereocenters. The molecule has 4 N–H and O–H groups in total. The van der Waals surface area contributed by atoms with Crippen LogP contribution in [0.15, 0.2) is 22.6 Å². The molecule has 7 heteroatoms. The first-order chi connectivity index (χ1) is 9.02. The Balaban J connectivity index is 2.25. The lowest BCUT2D eigenvalue weighted by atomic mass is 10.0. The summed E-state index contributed by atoms with van der Waals surface area (Å²) in [5.41, 5.74) is 6.61. The summed E-state index contributed by atoms with van der Waals surface area (Å²) in [6.07, 6.45) is -3.05. The lowest BCUT2D eigenvalue weighted by molar-refractivity contribution is -0.159. The van der Waals surface area contributed by atoms with Gasteiger partial charge in [-0.1, -0.05) is 6.07 Å². The van der Waals surface area contributed by atoms with Crippen LogP contribution in [0, 0.1) is 0 Å². The number of aromatic nitrogens is 1. The molecule has 2 aromatic rings. The Hall–Kier alpha value is -2.12. The molecule has 0 aliphatic heterocycles. The highest BCUT2D eigenvalue weighted by Crippen LogP contribution is 2.24. The van der Waals surface area contributed by atoms with Crippen molar-refractivity contribution in [3.8, 4) is 0 Å². The molecule has 0 aliphatic rings. The van der Waals surface area contributed by atoms with Crippen LogP contribution in [0.1, 0.15) is 18.6 Å². The second-order valence-electron chi connectivity index (χ2n) is 3.92. The highest BCUT2D eigenvalue weighted by Gasteiger charge is 2.27. The van der Waals surface area contributed by atoms with Crippen LogP contribution < -0.4 is 5.73 Å². The number of anilines is 1. The molecule has 0 radical (unpaired) electrons. The standard InChI is InChI=1S/C12H14N2O5/c1-2-18-11(17)10(16)9(15)6-3-4-8-7(5-6)14-12(13)19-8/h3-5,9-10,15-16H,2H2,1H3,(H2,13,14). The number of nitrogens with two attached hydrogens (primary N) is 1. The number of hydrogen-bond acceptors (Lipinski definition) is 7. The Bertz CT molecular complexity index is 595. The van der Waals surface area contributed by atoms with Crippen molar-refractivity contribution >= 4 is 23.1 Å². The summed E-state index contributed by atoms with van der Waals surface area (Å²) < 4.78 is 9.71. The maximum atomic E-state index is 11.3. The number of aliphatic hydroxyl groups excluding tert-OH is 2. The molecule has 19 heavy (non-hydrogen) atoms. The van der Waals surface area contributed by atoms with Gasteiger partial charge in [-0.25, -0.2) is 4.79 Å². The van der Waals surface area contributed by atoms with E-state index in [1.807, 2.05) is 0 Å². The van der Waals surface area contributed by atoms with Gasteiger partial charge in [-0.05, 0) is 24.6 Å². The number of nitrogens with zero attached hydrogens (tertiary/aromatic N) is 1. The number of benzene rings is 1. The molecule has 0 bridgehead atoms. The predicted molar refractivity (Wildman–Crippen MR) is 66.0 cm³/mol. The van der Waals surface area contributed by atoms with Crippen LogP contribution in [-0.2, 0) is 9.53 Å². The van der Waals surface area contributed by atoms with Gasteiger partial charge in [-0.15, -0.1) is 0 Å². The van der Waals surface area contributed by atoms with Gasteiger partial charge in [0, 0.05) is 0 Å². The van der Waals surface area contributed by atoms with Crippen LogP contribution >= 0.6 is 0 Å². The number of carbonyl (C=O) groups excluding carboxylic acids is 1. The van der Waals surface area contributed by atoms with Gasteiger partial charge < -0.3 is 25.1 Å². The van der Waals surface area contributed by atoms with Gasteiger partial charge >= 0.3 is 5.97 Å². The van der Waals surface area contributed by atoms with Gasteiger partial charge in [-0.2, -0.15) is 4.98 Å². The van der Waals surface area contributed by atoms with Gasteiger partial charge in [0.1, 0.15) is 11.6 Å². The molecule has 0 saturated carbocycles. The normalized spacial score (nSPS) is 14.3. The molecule has 0 fully saturated rings. The van der Waals surface area contributed by atoms with Crippen molar-refractivity contribution < 1.29 is 24.2 Å². The van der Waals surface area contributed by atoms with Gasteiger partial charge in [0.05, 0.1) is 6.61 Å². The van der Waals surface area contributed by atoms with Crippen molar-refractivity contribution in [2.45, 2.75) is 19.1 Å². The van der Waals surface area contributed by atoms with Crippen molar-refractivity contribution in [3.05, 3.63) is 23.8 Å². The van der Waals surface area contributed by atoms with E-state index < -0.39 is 18.2 Å². The molecular weight excluding hydrogens is 252 g/mol. The first kappa shape index (κ1) is 13.3. The van der Waals surface area contributed by atoms with E-state index in [2.05, 4.69) is 9.72 Å². The van der Waals surface area contributed by atoms with Crippen LogP contribution in [-0.4, -0.2) is 33.9 Å². The number of esters is 1. The smallest absolute Gasteiger partial charge is 0.338 e. The molecule has 1 aromatic heterocycles. The van der Waals surface area contributed by atoms with E-state index in [1.165, 1.54) is 12.1 Å². The SMILES string of the molecule is CCOC(=O)C(O)C(O)c1ccc2oc(N)nc2c1. The third kappa shape index (κ3) is 2.67. The van der Waals surface area contributed by atoms with Crippen molar-refractivity contribution in [1.82, 2.24) is 4.98 Å². The molecule has 102 valence electrons. The Morgan fingerprint density at radius 2 is 2.26 bits per heavy atom. The summed E-state index contributed by atoms with van der Waals surface area (Å²) in [7, 11) is 0. The first-order valence-corrected chi connectivity index (χ1v) is 5.71. The van der Waals surface area contributed by atoms with Crippen LogP contribution in [0.3, 0.4) is 0 Å². The highest BCUT2D eigenvalue weighted by atomic mass is 16.5. The zero-order chi connectivity index (χ0) is 14.0. The maximum absolute atomic E-state index is 11.3. The lowest BCUT2D eigenvalue weighted by Gasteiger charge is -2.16. The number of fused-ring (bicyclic) bond motifs is 1. The van der Waals surface area contributed by atoms with Gasteiger partial charge in [0.15, 0.2) is 11.7 Å². The number of rotatable bonds is 4. The minimum absolute atomic E-state index is 0.00702. The minimum atomic E-state index is -1.65. The Labute approximate surface area is 108 Å². The molecule has 0 amide bonds. The molecule has 1 heterocycles. The second-order valence-corrected chi connectivity index (χ2v) is 3.92. The molecule has 7 nitrogen and oxygen atoms in total. The third-order valence-corrected chi connectivity index (χ3v) is 2.60. The first-order valence-electron chi connectivity index (χ1n) is 5.71. The summed E-state index contributed by atoms with van der Waals surface area (Å²) in [6.45, 7) is 1.74. The summed E-state index contributed by atoms with van der Waals surface area (Å²) in [6, 6.07) is 4.56. The van der Waals surface area contributed by atoms with E-state index in [4.69, 9.17) is 10.2 Å². The topological polar surface area (TPSA) is 119 Å². The largest absolute Gasteiger partial charge is 0.464 e. The zero-order valence-electron chi connectivity index (χ0n) is 10.2. The monoisotopic (exact) mass is 266 g/mol. The summed E-state index contributed by atoms with van der Waals surface area (Å²) in [5, 5.41) is 19.6. The number of hydrogen-bond donors (Lipinski definition) is 3. The maximum Gasteiger partial charge on any atom is 0.338 e. The number of aliphatic hydroxyl groups is 2. The molecule has 1 aromatic carbocycles. The number of carbonyl (C=O) groups is 1. The predicted octanol–water partition coefficient (Wildman–Crippen LogP) is 0.367. The van der Waals surface area contributed by atoms with Crippen molar-refractivity contribution in [2.24, 2.45) is 0 Å². The van der Waals surface area contributed by atoms with Gasteiger partial charge in [0.2, 0.25) is 0 Å². The van der Waals surface area contributed by atoms with Crippen molar-refractivity contribution in [1.29, 1.82) is 0 Å². The summed E-state index contributed by atoms with van der Waals surface area (Å²) in [5.74, 6) is -0.880. The molecule has 2 atom stereocenters. The average molecular weight is 266 g/mol. The molecule has 0 saturated heterocycles. The van der Waals surface area contributed by atoms with Crippen LogP contribution in [0.5, 0.6) is 0 Å². The van der Waals surface area contributed by atoms with Crippen LogP contribution in [0.25, 0.3) is 11.1 Å². The van der Waals surface area contributed by atoms with E-state index in [9.17, 15) is 15.0 Å². The highest BCUT2D eigenvalue weighted by molar-refractivity contribution is 5.77. The van der Waals surface area contributed by atoms with E-state index >= 15 is 0 Å². The number of ether oxygens (including phenoxy) is 1. The van der Waals surface area contributed by atoms with Crippen molar-refractivity contribution in [3.63, 3.8) is 0 Å². The summed E-state index contributed by atoms with van der Waals surface area (Å²) >= 11 is 0. The molecule has 0 spiro atoms. The molecule has 0 aliphatic carbocycles.